The number of rotatable bonds is 6. The van der Waals surface area contributed by atoms with Crippen LogP contribution in [0.2, 0.25) is 0 Å². The Bertz CT molecular complexity index is 461. The van der Waals surface area contributed by atoms with Gasteiger partial charge in [0.1, 0.15) is 11.4 Å². The topological polar surface area (TPSA) is 101 Å². The predicted octanol–water partition coefficient (Wildman–Crippen LogP) is 0.496. The molecule has 4 N–H and O–H groups in total. The Morgan fingerprint density at radius 2 is 2.25 bits per heavy atom. The molecule has 1 fully saturated rings. The number of nitrogen functional groups attached to an aromatic ring is 1. The lowest BCUT2D eigenvalue weighted by Gasteiger charge is -2.26. The van der Waals surface area contributed by atoms with E-state index in [9.17, 15) is 4.79 Å². The van der Waals surface area contributed by atoms with Crippen LogP contribution in [0.4, 0.5) is 11.5 Å². The summed E-state index contributed by atoms with van der Waals surface area (Å²) in [4.78, 5) is 17.5. The molecule has 1 saturated heterocycles. The molecular formula is C13H20N4O3. The summed E-state index contributed by atoms with van der Waals surface area (Å²) in [5, 5.41) is 12.1. The molecule has 0 radical (unpaired) electrons. The number of hydrogen-bond acceptors (Lipinski definition) is 6. The Balaban J connectivity index is 1.80. The fraction of sp³-hybridized carbons (Fsp3) is 0.538. The van der Waals surface area contributed by atoms with Crippen molar-refractivity contribution < 1.29 is 14.6 Å². The third-order valence-electron chi connectivity index (χ3n) is 3.19. The number of carboxylic acids is 1. The number of aromatic carboxylic acids is 1. The van der Waals surface area contributed by atoms with E-state index in [0.29, 0.717) is 18.1 Å². The Labute approximate surface area is 117 Å². The molecule has 1 aromatic heterocycles. The van der Waals surface area contributed by atoms with Crippen molar-refractivity contribution in [3.8, 4) is 0 Å². The second kappa shape index (κ2) is 7.06. The van der Waals surface area contributed by atoms with E-state index in [1.54, 1.807) is 0 Å². The number of nitrogens with two attached hydrogens (primary N) is 1. The van der Waals surface area contributed by atoms with Crippen LogP contribution >= 0.6 is 0 Å². The van der Waals surface area contributed by atoms with Gasteiger partial charge in [-0.05, 0) is 19.0 Å². The quantitative estimate of drug-likeness (QED) is 0.652. The van der Waals surface area contributed by atoms with Crippen molar-refractivity contribution in [1.29, 1.82) is 0 Å². The van der Waals surface area contributed by atoms with Gasteiger partial charge in [-0.15, -0.1) is 0 Å². The van der Waals surface area contributed by atoms with Crippen LogP contribution in [0.1, 0.15) is 16.8 Å². The van der Waals surface area contributed by atoms with Crippen LogP contribution in [-0.2, 0) is 4.74 Å². The van der Waals surface area contributed by atoms with Crippen LogP contribution in [0, 0.1) is 0 Å². The van der Waals surface area contributed by atoms with Crippen molar-refractivity contribution in [2.24, 2.45) is 0 Å². The van der Waals surface area contributed by atoms with Gasteiger partial charge in [0.2, 0.25) is 0 Å². The minimum absolute atomic E-state index is 0.108. The molecule has 110 valence electrons. The highest BCUT2D eigenvalue weighted by Crippen LogP contribution is 2.15. The van der Waals surface area contributed by atoms with Gasteiger partial charge in [0.05, 0.1) is 25.1 Å². The first-order valence-corrected chi connectivity index (χ1v) is 6.69. The van der Waals surface area contributed by atoms with Crippen molar-refractivity contribution in [3.05, 3.63) is 17.8 Å². The van der Waals surface area contributed by atoms with Gasteiger partial charge >= 0.3 is 5.97 Å². The van der Waals surface area contributed by atoms with E-state index >= 15 is 0 Å². The van der Waals surface area contributed by atoms with E-state index in [1.807, 2.05) is 0 Å². The zero-order chi connectivity index (χ0) is 14.4. The molecule has 0 bridgehead atoms. The minimum Gasteiger partial charge on any atom is -0.478 e. The molecule has 1 aromatic rings. The Morgan fingerprint density at radius 3 is 2.95 bits per heavy atom. The van der Waals surface area contributed by atoms with Crippen LogP contribution in [0.3, 0.4) is 0 Å². The summed E-state index contributed by atoms with van der Waals surface area (Å²) in [5.74, 6) is -0.658. The van der Waals surface area contributed by atoms with Gasteiger partial charge in [-0.1, -0.05) is 0 Å². The fourth-order valence-electron chi connectivity index (χ4n) is 2.12. The Hall–Kier alpha value is -1.86. The SMILES string of the molecule is Nc1cnc(NCCCN2CCOCC2)c(C(=O)O)c1. The van der Waals surface area contributed by atoms with Gasteiger partial charge in [-0.3, -0.25) is 4.90 Å². The molecule has 0 aliphatic carbocycles. The van der Waals surface area contributed by atoms with E-state index in [-0.39, 0.29) is 5.56 Å². The first kappa shape index (κ1) is 14.5. The van der Waals surface area contributed by atoms with Crippen molar-refractivity contribution in [2.45, 2.75) is 6.42 Å². The van der Waals surface area contributed by atoms with Crippen molar-refractivity contribution >= 4 is 17.5 Å². The maximum absolute atomic E-state index is 11.1. The van der Waals surface area contributed by atoms with Crippen LogP contribution in [0.15, 0.2) is 12.3 Å². The summed E-state index contributed by atoms with van der Waals surface area (Å²) in [6.07, 6.45) is 2.38. The second-order valence-electron chi connectivity index (χ2n) is 4.70. The van der Waals surface area contributed by atoms with Crippen LogP contribution in [-0.4, -0.2) is 60.4 Å². The lowest BCUT2D eigenvalue weighted by molar-refractivity contribution is 0.0378. The molecule has 0 saturated carbocycles. The smallest absolute Gasteiger partial charge is 0.339 e. The van der Waals surface area contributed by atoms with Gasteiger partial charge in [0.15, 0.2) is 0 Å². The molecule has 0 spiro atoms. The van der Waals surface area contributed by atoms with E-state index < -0.39 is 5.97 Å². The number of carbonyl (C=O) groups is 1. The molecule has 0 aromatic carbocycles. The third-order valence-corrected chi connectivity index (χ3v) is 3.19. The molecule has 2 heterocycles. The summed E-state index contributed by atoms with van der Waals surface area (Å²) < 4.78 is 5.28. The lowest BCUT2D eigenvalue weighted by Crippen LogP contribution is -2.37. The second-order valence-corrected chi connectivity index (χ2v) is 4.70. The number of aromatic nitrogens is 1. The van der Waals surface area contributed by atoms with E-state index in [0.717, 1.165) is 39.3 Å². The largest absolute Gasteiger partial charge is 0.478 e. The Morgan fingerprint density at radius 1 is 1.50 bits per heavy atom. The monoisotopic (exact) mass is 280 g/mol. The number of pyridine rings is 1. The summed E-state index contributed by atoms with van der Waals surface area (Å²) in [7, 11) is 0. The van der Waals surface area contributed by atoms with Gasteiger partial charge in [0, 0.05) is 19.6 Å². The number of anilines is 2. The van der Waals surface area contributed by atoms with Gasteiger partial charge in [-0.25, -0.2) is 9.78 Å². The molecular weight excluding hydrogens is 260 g/mol. The highest BCUT2D eigenvalue weighted by atomic mass is 16.5. The zero-order valence-electron chi connectivity index (χ0n) is 11.3. The molecule has 7 heteroatoms. The highest BCUT2D eigenvalue weighted by Gasteiger charge is 2.12. The molecule has 0 atom stereocenters. The minimum atomic E-state index is -1.03. The van der Waals surface area contributed by atoms with Crippen molar-refractivity contribution in [3.63, 3.8) is 0 Å². The molecule has 0 unspecified atom stereocenters. The molecule has 7 nitrogen and oxygen atoms in total. The molecule has 0 amide bonds. The molecule has 2 rings (SSSR count). The summed E-state index contributed by atoms with van der Waals surface area (Å²) in [5.41, 5.74) is 6.00. The van der Waals surface area contributed by atoms with Crippen LogP contribution in [0.5, 0.6) is 0 Å². The first-order chi connectivity index (χ1) is 9.66. The Kier molecular flexibility index (Phi) is 5.14. The standard InChI is InChI=1S/C13H20N4O3/c14-10-8-11(13(18)19)12(16-9-10)15-2-1-3-17-4-6-20-7-5-17/h8-9H,1-7,14H2,(H,15,16)(H,18,19). The maximum Gasteiger partial charge on any atom is 0.339 e. The van der Waals surface area contributed by atoms with E-state index in [4.69, 9.17) is 15.6 Å². The number of nitrogens with zero attached hydrogens (tertiary/aromatic N) is 2. The normalized spacial score (nSPS) is 16.0. The van der Waals surface area contributed by atoms with Crippen LogP contribution in [0.25, 0.3) is 0 Å². The number of carboxylic acid groups (broad SMARTS) is 1. The zero-order valence-corrected chi connectivity index (χ0v) is 11.3. The fourth-order valence-corrected chi connectivity index (χ4v) is 2.12. The predicted molar refractivity (Wildman–Crippen MR) is 76.0 cm³/mol. The van der Waals surface area contributed by atoms with E-state index in [1.165, 1.54) is 12.3 Å². The van der Waals surface area contributed by atoms with Crippen LogP contribution < -0.4 is 11.1 Å². The van der Waals surface area contributed by atoms with Gasteiger partial charge < -0.3 is 20.9 Å². The number of morpholine rings is 1. The highest BCUT2D eigenvalue weighted by molar-refractivity contribution is 5.94. The van der Waals surface area contributed by atoms with Gasteiger partial charge in [0.25, 0.3) is 0 Å². The van der Waals surface area contributed by atoms with E-state index in [2.05, 4.69) is 15.2 Å². The lowest BCUT2D eigenvalue weighted by atomic mass is 10.2. The average molecular weight is 280 g/mol. The summed E-state index contributed by atoms with van der Waals surface area (Å²) >= 11 is 0. The third kappa shape index (κ3) is 4.07. The number of ether oxygens (including phenoxy) is 1. The summed E-state index contributed by atoms with van der Waals surface area (Å²) in [6, 6.07) is 1.42. The van der Waals surface area contributed by atoms with Gasteiger partial charge in [-0.2, -0.15) is 0 Å². The van der Waals surface area contributed by atoms with Crippen molar-refractivity contribution in [2.75, 3.05) is 50.4 Å². The number of hydrogen-bond donors (Lipinski definition) is 3. The average Bonchev–Trinajstić information content (AvgIpc) is 2.45. The first-order valence-electron chi connectivity index (χ1n) is 6.69. The molecule has 1 aliphatic heterocycles. The molecule has 1 aliphatic rings. The molecule has 20 heavy (non-hydrogen) atoms. The van der Waals surface area contributed by atoms with Crippen molar-refractivity contribution in [1.82, 2.24) is 9.88 Å². The number of nitrogens with one attached hydrogen (secondary N) is 1. The maximum atomic E-state index is 11.1. The summed E-state index contributed by atoms with van der Waals surface area (Å²) in [6.45, 7) is 5.13.